The van der Waals surface area contributed by atoms with E-state index in [0.29, 0.717) is 6.61 Å². The van der Waals surface area contributed by atoms with Crippen LogP contribution in [0.2, 0.25) is 0 Å². The molecule has 0 aromatic carbocycles. The number of carbonyl (C=O) groups is 1. The van der Waals surface area contributed by atoms with Gasteiger partial charge in [-0.05, 0) is 55.2 Å². The Morgan fingerprint density at radius 3 is 2.67 bits per heavy atom. The van der Waals surface area contributed by atoms with E-state index in [1.165, 1.54) is 10.9 Å². The summed E-state index contributed by atoms with van der Waals surface area (Å²) in [6, 6.07) is 7.97. The summed E-state index contributed by atoms with van der Waals surface area (Å²) in [4.78, 5) is 24.2. The van der Waals surface area contributed by atoms with Crippen molar-refractivity contribution in [2.24, 2.45) is 0 Å². The lowest BCUT2D eigenvalue weighted by atomic mass is 10.1. The molecule has 0 amide bonds. The van der Waals surface area contributed by atoms with Crippen LogP contribution in [0.3, 0.4) is 0 Å². The Balaban J connectivity index is 1.54. The van der Waals surface area contributed by atoms with Crippen molar-refractivity contribution in [2.75, 3.05) is 6.61 Å². The smallest absolute Gasteiger partial charge is 0.419 e. The molecule has 0 saturated heterocycles. The highest BCUT2D eigenvalue weighted by Gasteiger charge is 2.05. The maximum Gasteiger partial charge on any atom is 0.419 e. The van der Waals surface area contributed by atoms with E-state index >= 15 is 0 Å². The molecule has 3 heterocycles. The molecule has 0 aliphatic heterocycles. The molecule has 24 heavy (non-hydrogen) atoms. The van der Waals surface area contributed by atoms with Gasteiger partial charge < -0.3 is 4.74 Å². The number of hydrogen-bond acceptors (Lipinski definition) is 5. The molecule has 0 aliphatic rings. The molecule has 3 aromatic heterocycles. The second-order valence-electron chi connectivity index (χ2n) is 5.46. The Hall–Kier alpha value is -3.02. The molecule has 0 unspecified atom stereocenters. The predicted octanol–water partition coefficient (Wildman–Crippen LogP) is 3.27. The molecule has 0 bridgehead atoms. The van der Waals surface area contributed by atoms with Gasteiger partial charge in [0.05, 0.1) is 18.0 Å². The van der Waals surface area contributed by atoms with Gasteiger partial charge in [0.15, 0.2) is 0 Å². The lowest BCUT2D eigenvalue weighted by molar-refractivity contribution is 0.146. The molecule has 6 nitrogen and oxygen atoms in total. The number of rotatable bonds is 5. The standard InChI is InChI=1S/C18H18N4O2/c1-14-4-6-20-16(11-14)17-12-15(5-7-21-17)3-2-10-24-18(23)22-9-8-19-13-22/h4-9,11-13H,2-3,10H2,1H3. The van der Waals surface area contributed by atoms with Gasteiger partial charge in [-0.2, -0.15) is 0 Å². The van der Waals surface area contributed by atoms with E-state index in [-0.39, 0.29) is 0 Å². The largest absolute Gasteiger partial charge is 0.449 e. The van der Waals surface area contributed by atoms with Gasteiger partial charge in [-0.1, -0.05) is 0 Å². The van der Waals surface area contributed by atoms with Crippen molar-refractivity contribution in [1.82, 2.24) is 19.5 Å². The molecule has 0 spiro atoms. The third-order valence-electron chi connectivity index (χ3n) is 3.55. The summed E-state index contributed by atoms with van der Waals surface area (Å²) in [6.07, 6.45) is 9.23. The molecule has 122 valence electrons. The first-order valence-electron chi connectivity index (χ1n) is 7.75. The van der Waals surface area contributed by atoms with Gasteiger partial charge in [0.1, 0.15) is 6.33 Å². The Morgan fingerprint density at radius 2 is 1.92 bits per heavy atom. The zero-order chi connectivity index (χ0) is 16.8. The van der Waals surface area contributed by atoms with E-state index in [4.69, 9.17) is 4.74 Å². The highest BCUT2D eigenvalue weighted by Crippen LogP contribution is 2.17. The van der Waals surface area contributed by atoms with Crippen molar-refractivity contribution in [3.8, 4) is 11.4 Å². The minimum absolute atomic E-state index is 0.358. The molecular formula is C18H18N4O2. The Labute approximate surface area is 140 Å². The van der Waals surface area contributed by atoms with E-state index in [2.05, 4.69) is 15.0 Å². The maximum atomic E-state index is 11.7. The Kier molecular flexibility index (Phi) is 4.96. The average Bonchev–Trinajstić information content (AvgIpc) is 3.13. The van der Waals surface area contributed by atoms with Gasteiger partial charge in [0.25, 0.3) is 0 Å². The van der Waals surface area contributed by atoms with Gasteiger partial charge in [0, 0.05) is 24.8 Å². The summed E-state index contributed by atoms with van der Waals surface area (Å²) in [5.41, 5.74) is 4.01. The first-order valence-corrected chi connectivity index (χ1v) is 7.75. The minimum Gasteiger partial charge on any atom is -0.449 e. The topological polar surface area (TPSA) is 69.9 Å². The first kappa shape index (κ1) is 15.9. The maximum absolute atomic E-state index is 11.7. The summed E-state index contributed by atoms with van der Waals surface area (Å²) in [6.45, 7) is 2.39. The first-order chi connectivity index (χ1) is 11.7. The normalized spacial score (nSPS) is 10.5. The third kappa shape index (κ3) is 4.04. The average molecular weight is 322 g/mol. The number of imidazole rings is 1. The monoisotopic (exact) mass is 322 g/mol. The number of pyridine rings is 2. The number of aromatic nitrogens is 4. The summed E-state index contributed by atoms with van der Waals surface area (Å²) in [5.74, 6) is 0. The lowest BCUT2D eigenvalue weighted by Crippen LogP contribution is -2.12. The van der Waals surface area contributed by atoms with Gasteiger partial charge in [0.2, 0.25) is 0 Å². The number of nitrogens with zero attached hydrogens (tertiary/aromatic N) is 4. The summed E-state index contributed by atoms with van der Waals surface area (Å²) >= 11 is 0. The molecule has 6 heteroatoms. The van der Waals surface area contributed by atoms with Crippen molar-refractivity contribution in [3.05, 3.63) is 66.5 Å². The fourth-order valence-electron chi connectivity index (χ4n) is 2.32. The molecular weight excluding hydrogens is 304 g/mol. The molecule has 0 aliphatic carbocycles. The van der Waals surface area contributed by atoms with Crippen LogP contribution in [0, 0.1) is 6.92 Å². The van der Waals surface area contributed by atoms with E-state index in [9.17, 15) is 4.79 Å². The van der Waals surface area contributed by atoms with Crippen LogP contribution in [0.4, 0.5) is 4.79 Å². The van der Waals surface area contributed by atoms with Gasteiger partial charge >= 0.3 is 6.09 Å². The quantitative estimate of drug-likeness (QED) is 0.674. The highest BCUT2D eigenvalue weighted by molar-refractivity contribution is 5.69. The van der Waals surface area contributed by atoms with E-state index < -0.39 is 6.09 Å². The van der Waals surface area contributed by atoms with Crippen LogP contribution in [0.25, 0.3) is 11.4 Å². The van der Waals surface area contributed by atoms with Gasteiger partial charge in [-0.3, -0.25) is 9.97 Å². The molecule has 0 radical (unpaired) electrons. The minimum atomic E-state index is -0.410. The van der Waals surface area contributed by atoms with Crippen LogP contribution in [0.1, 0.15) is 17.5 Å². The van der Waals surface area contributed by atoms with Crippen molar-refractivity contribution in [2.45, 2.75) is 19.8 Å². The van der Waals surface area contributed by atoms with E-state index in [1.807, 2.05) is 31.2 Å². The van der Waals surface area contributed by atoms with Gasteiger partial charge in [-0.15, -0.1) is 0 Å². The van der Waals surface area contributed by atoms with Crippen LogP contribution < -0.4 is 0 Å². The second-order valence-corrected chi connectivity index (χ2v) is 5.46. The van der Waals surface area contributed by atoms with E-state index in [0.717, 1.165) is 35.4 Å². The number of aryl methyl sites for hydroxylation is 2. The molecule has 0 N–H and O–H groups in total. The van der Waals surface area contributed by atoms with Gasteiger partial charge in [-0.25, -0.2) is 14.3 Å². The zero-order valence-corrected chi connectivity index (χ0v) is 13.4. The van der Waals surface area contributed by atoms with Crippen LogP contribution in [0.5, 0.6) is 0 Å². The second kappa shape index (κ2) is 7.50. The van der Waals surface area contributed by atoms with E-state index in [1.54, 1.807) is 24.8 Å². The fourth-order valence-corrected chi connectivity index (χ4v) is 2.32. The fraction of sp³-hybridized carbons (Fsp3) is 0.222. The van der Waals surface area contributed by atoms with Crippen molar-refractivity contribution in [3.63, 3.8) is 0 Å². The van der Waals surface area contributed by atoms with Crippen molar-refractivity contribution in [1.29, 1.82) is 0 Å². The summed E-state index contributed by atoms with van der Waals surface area (Å²) in [7, 11) is 0. The van der Waals surface area contributed by atoms with Crippen LogP contribution in [-0.2, 0) is 11.2 Å². The van der Waals surface area contributed by atoms with Crippen LogP contribution in [-0.4, -0.2) is 32.2 Å². The van der Waals surface area contributed by atoms with Crippen LogP contribution in [0.15, 0.2) is 55.4 Å². The molecule has 0 saturated carbocycles. The number of carbonyl (C=O) groups excluding carboxylic acids is 1. The summed E-state index contributed by atoms with van der Waals surface area (Å²) in [5, 5.41) is 0. The number of ether oxygens (including phenoxy) is 1. The Bertz CT molecular complexity index is 815. The molecule has 3 aromatic rings. The SMILES string of the molecule is Cc1ccnc(-c2cc(CCCOC(=O)n3ccnc3)ccn2)c1. The number of hydrogen-bond donors (Lipinski definition) is 0. The lowest BCUT2D eigenvalue weighted by Gasteiger charge is -2.06. The van der Waals surface area contributed by atoms with Crippen molar-refractivity contribution >= 4 is 6.09 Å². The summed E-state index contributed by atoms with van der Waals surface area (Å²) < 4.78 is 6.51. The van der Waals surface area contributed by atoms with Crippen molar-refractivity contribution < 1.29 is 9.53 Å². The predicted molar refractivity (Wildman–Crippen MR) is 89.5 cm³/mol. The molecule has 0 atom stereocenters. The highest BCUT2D eigenvalue weighted by atomic mass is 16.5. The van der Waals surface area contributed by atoms with Crippen LogP contribution >= 0.6 is 0 Å². The third-order valence-corrected chi connectivity index (χ3v) is 3.55. The zero-order valence-electron chi connectivity index (χ0n) is 13.4. The molecule has 3 rings (SSSR count). The Morgan fingerprint density at radius 1 is 1.12 bits per heavy atom. The molecule has 0 fully saturated rings.